The lowest BCUT2D eigenvalue weighted by Gasteiger charge is -2.32. The van der Waals surface area contributed by atoms with Gasteiger partial charge in [-0.25, -0.2) is 4.79 Å². The first-order valence-electron chi connectivity index (χ1n) is 14.6. The van der Waals surface area contributed by atoms with Crippen LogP contribution in [0.3, 0.4) is 0 Å². The molecule has 2 aromatic carbocycles. The molecule has 1 unspecified atom stereocenters. The molecule has 0 saturated heterocycles. The summed E-state index contributed by atoms with van der Waals surface area (Å²) in [6, 6.07) is 12.9. The highest BCUT2D eigenvalue weighted by Gasteiger charge is 2.37. The number of hydrogen-bond acceptors (Lipinski definition) is 7. The SMILES string of the molecule is COC(=O)CC(C(=O)N1CCc2cc(OCc3ccc(C4CCCCC4)c(C#N)c3)ccc21)N(C)C(=O)OC(C)(C)C. The number of rotatable bonds is 8. The molecule has 1 aliphatic heterocycles. The van der Waals surface area contributed by atoms with E-state index in [0.717, 1.165) is 40.0 Å². The van der Waals surface area contributed by atoms with Crippen molar-refractivity contribution in [3.8, 4) is 11.8 Å². The summed E-state index contributed by atoms with van der Waals surface area (Å²) in [5, 5.41) is 9.77. The fraction of sp³-hybridized carbons (Fsp3) is 0.515. The van der Waals surface area contributed by atoms with Crippen LogP contribution in [-0.2, 0) is 32.1 Å². The van der Waals surface area contributed by atoms with E-state index in [2.05, 4.69) is 12.1 Å². The van der Waals surface area contributed by atoms with Gasteiger partial charge in [-0.15, -0.1) is 0 Å². The Morgan fingerprint density at radius 3 is 2.50 bits per heavy atom. The third-order valence-corrected chi connectivity index (χ3v) is 7.92. The number of carbonyl (C=O) groups excluding carboxylic acids is 3. The van der Waals surface area contributed by atoms with E-state index in [1.807, 2.05) is 24.3 Å². The number of methoxy groups -OCH3 is 1. The number of ether oxygens (including phenoxy) is 3. The molecule has 9 nitrogen and oxygen atoms in total. The van der Waals surface area contributed by atoms with Crippen molar-refractivity contribution in [1.82, 2.24) is 4.90 Å². The van der Waals surface area contributed by atoms with Crippen LogP contribution in [0.4, 0.5) is 10.5 Å². The molecular weight excluding hydrogens is 534 g/mol. The first kappa shape index (κ1) is 30.9. The molecule has 1 saturated carbocycles. The number of hydrogen-bond donors (Lipinski definition) is 0. The number of nitrogens with zero attached hydrogens (tertiary/aromatic N) is 3. The third kappa shape index (κ3) is 7.41. The van der Waals surface area contributed by atoms with Crippen LogP contribution in [0.5, 0.6) is 5.75 Å². The summed E-state index contributed by atoms with van der Waals surface area (Å²) >= 11 is 0. The van der Waals surface area contributed by atoms with Crippen LogP contribution in [0.2, 0.25) is 0 Å². The van der Waals surface area contributed by atoms with Crippen LogP contribution in [0.25, 0.3) is 0 Å². The van der Waals surface area contributed by atoms with Crippen LogP contribution in [-0.4, -0.2) is 55.2 Å². The Balaban J connectivity index is 1.45. The highest BCUT2D eigenvalue weighted by Crippen LogP contribution is 2.35. The summed E-state index contributed by atoms with van der Waals surface area (Å²) in [7, 11) is 2.70. The van der Waals surface area contributed by atoms with E-state index in [-0.39, 0.29) is 12.3 Å². The highest BCUT2D eigenvalue weighted by atomic mass is 16.6. The van der Waals surface area contributed by atoms with E-state index < -0.39 is 23.7 Å². The first-order chi connectivity index (χ1) is 20.0. The van der Waals surface area contributed by atoms with Gasteiger partial charge in [-0.05, 0) is 86.9 Å². The zero-order chi connectivity index (χ0) is 30.4. The van der Waals surface area contributed by atoms with Gasteiger partial charge in [0.2, 0.25) is 0 Å². The van der Waals surface area contributed by atoms with Gasteiger partial charge in [0, 0.05) is 19.3 Å². The maximum atomic E-state index is 13.7. The molecule has 42 heavy (non-hydrogen) atoms. The zero-order valence-corrected chi connectivity index (χ0v) is 25.3. The average Bonchev–Trinajstić information content (AvgIpc) is 3.40. The number of benzene rings is 2. The summed E-state index contributed by atoms with van der Waals surface area (Å²) in [6.45, 7) is 5.94. The van der Waals surface area contributed by atoms with Crippen LogP contribution in [0.15, 0.2) is 36.4 Å². The minimum Gasteiger partial charge on any atom is -0.489 e. The lowest BCUT2D eigenvalue weighted by atomic mass is 9.82. The van der Waals surface area contributed by atoms with Crippen LogP contribution in [0.1, 0.15) is 87.5 Å². The Labute approximate surface area is 248 Å². The van der Waals surface area contributed by atoms with Crippen molar-refractivity contribution >= 4 is 23.7 Å². The summed E-state index contributed by atoms with van der Waals surface area (Å²) in [5.41, 5.74) is 3.69. The molecule has 2 amide bonds. The topological polar surface area (TPSA) is 109 Å². The van der Waals surface area contributed by atoms with Gasteiger partial charge in [0.25, 0.3) is 5.91 Å². The quantitative estimate of drug-likeness (QED) is 0.362. The molecular formula is C33H41N3O6. The van der Waals surface area contributed by atoms with Gasteiger partial charge in [-0.1, -0.05) is 31.4 Å². The molecule has 0 spiro atoms. The number of nitriles is 1. The normalized spacial score (nSPS) is 15.8. The molecule has 0 N–H and O–H groups in total. The molecule has 2 aliphatic rings. The molecule has 0 radical (unpaired) electrons. The van der Waals surface area contributed by atoms with Crippen molar-refractivity contribution in [2.75, 3.05) is 25.6 Å². The number of anilines is 1. The average molecular weight is 576 g/mol. The number of amides is 2. The molecule has 224 valence electrons. The molecule has 1 aliphatic carbocycles. The maximum Gasteiger partial charge on any atom is 0.410 e. The summed E-state index contributed by atoms with van der Waals surface area (Å²) in [6.07, 6.45) is 5.60. The van der Waals surface area contributed by atoms with Gasteiger partial charge in [-0.2, -0.15) is 5.26 Å². The van der Waals surface area contributed by atoms with Gasteiger partial charge in [0.05, 0.1) is 25.2 Å². The van der Waals surface area contributed by atoms with Crippen molar-refractivity contribution in [3.63, 3.8) is 0 Å². The van der Waals surface area contributed by atoms with Crippen LogP contribution >= 0.6 is 0 Å². The van der Waals surface area contributed by atoms with Crippen molar-refractivity contribution in [1.29, 1.82) is 5.26 Å². The van der Waals surface area contributed by atoms with Gasteiger partial charge in [-0.3, -0.25) is 14.5 Å². The van der Waals surface area contributed by atoms with Gasteiger partial charge >= 0.3 is 12.1 Å². The fourth-order valence-corrected chi connectivity index (χ4v) is 5.70. The Bertz CT molecular complexity index is 1350. The Morgan fingerprint density at radius 1 is 1.10 bits per heavy atom. The number of carbonyl (C=O) groups is 3. The van der Waals surface area contributed by atoms with Crippen molar-refractivity contribution in [3.05, 3.63) is 58.7 Å². The van der Waals surface area contributed by atoms with E-state index in [0.29, 0.717) is 36.9 Å². The lowest BCUT2D eigenvalue weighted by molar-refractivity contribution is -0.144. The standard InChI is InChI=1S/C33H41N3O6/c1-33(2,3)42-32(39)35(4)29(19-30(37)40-5)31(38)36-16-15-24-18-26(12-14-28(24)36)41-21-22-11-13-27(25(17-22)20-34)23-9-7-6-8-10-23/h11-14,17-18,23,29H,6-10,15-16,19,21H2,1-5H3. The third-order valence-electron chi connectivity index (χ3n) is 7.92. The van der Waals surface area contributed by atoms with E-state index in [9.17, 15) is 19.6 Å². The minimum atomic E-state index is -1.08. The number of fused-ring (bicyclic) bond motifs is 1. The van der Waals surface area contributed by atoms with Crippen LogP contribution < -0.4 is 9.64 Å². The maximum absolute atomic E-state index is 13.7. The lowest BCUT2D eigenvalue weighted by Crippen LogP contribution is -2.51. The monoisotopic (exact) mass is 575 g/mol. The van der Waals surface area contributed by atoms with Gasteiger partial charge in [0.15, 0.2) is 0 Å². The molecule has 2 aromatic rings. The molecule has 0 bridgehead atoms. The smallest absolute Gasteiger partial charge is 0.410 e. The Morgan fingerprint density at radius 2 is 1.83 bits per heavy atom. The van der Waals surface area contributed by atoms with Gasteiger partial charge in [0.1, 0.15) is 24.0 Å². The number of likely N-dealkylation sites (N-methyl/N-ethyl adjacent to an activating group) is 1. The number of esters is 1. The molecule has 0 aromatic heterocycles. The summed E-state index contributed by atoms with van der Waals surface area (Å²) in [5.74, 6) is 0.137. The van der Waals surface area contributed by atoms with Gasteiger partial charge < -0.3 is 19.1 Å². The highest BCUT2D eigenvalue weighted by molar-refractivity contribution is 6.02. The Hall–Kier alpha value is -4.06. The second kappa shape index (κ2) is 13.3. The molecule has 9 heteroatoms. The summed E-state index contributed by atoms with van der Waals surface area (Å²) < 4.78 is 16.3. The van der Waals surface area contributed by atoms with Crippen molar-refractivity contribution in [2.45, 2.75) is 89.9 Å². The van der Waals surface area contributed by atoms with Crippen LogP contribution in [0, 0.1) is 11.3 Å². The first-order valence-corrected chi connectivity index (χ1v) is 14.6. The van der Waals surface area contributed by atoms with E-state index in [1.54, 1.807) is 31.7 Å². The fourth-order valence-electron chi connectivity index (χ4n) is 5.70. The predicted octanol–water partition coefficient (Wildman–Crippen LogP) is 5.87. The Kier molecular flexibility index (Phi) is 9.77. The molecule has 1 heterocycles. The van der Waals surface area contributed by atoms with E-state index >= 15 is 0 Å². The van der Waals surface area contributed by atoms with E-state index in [4.69, 9.17) is 14.2 Å². The molecule has 1 atom stereocenters. The summed E-state index contributed by atoms with van der Waals surface area (Å²) in [4.78, 5) is 41.4. The van der Waals surface area contributed by atoms with Crippen molar-refractivity contribution in [2.24, 2.45) is 0 Å². The second-order valence-corrected chi connectivity index (χ2v) is 12.1. The van der Waals surface area contributed by atoms with Crippen molar-refractivity contribution < 1.29 is 28.6 Å². The minimum absolute atomic E-state index is 0.289. The second-order valence-electron chi connectivity index (χ2n) is 12.1. The zero-order valence-electron chi connectivity index (χ0n) is 25.3. The largest absolute Gasteiger partial charge is 0.489 e. The van der Waals surface area contributed by atoms with E-state index in [1.165, 1.54) is 33.4 Å². The predicted molar refractivity (Wildman–Crippen MR) is 158 cm³/mol. The molecule has 1 fully saturated rings. The molecule has 4 rings (SSSR count).